The fraction of sp³-hybridized carbons (Fsp3) is 0.366. The average molecular weight is 809 g/mol. The molecular weight excluding hydrogens is 766 g/mol. The van der Waals surface area contributed by atoms with E-state index >= 15 is 0 Å². The molecule has 2 aliphatic rings. The Morgan fingerprint density at radius 3 is 2.36 bits per heavy atom. The van der Waals surface area contributed by atoms with Crippen LogP contribution in [0.25, 0.3) is 44.1 Å². The quantitative estimate of drug-likeness (QED) is 0.0963. The molecule has 1 saturated carbocycles. The van der Waals surface area contributed by atoms with Crippen molar-refractivity contribution in [3.8, 4) is 22.4 Å². The van der Waals surface area contributed by atoms with Crippen LogP contribution in [-0.4, -0.2) is 21.5 Å². The first-order valence-corrected chi connectivity index (χ1v) is 16.9. The van der Waals surface area contributed by atoms with E-state index in [-0.39, 0.29) is 50.1 Å². The summed E-state index contributed by atoms with van der Waals surface area (Å²) < 4.78 is 20.8. The maximum Gasteiger partial charge on any atom is 0.166 e. The minimum absolute atomic E-state index is 0. The molecule has 0 bridgehead atoms. The fourth-order valence-electron chi connectivity index (χ4n) is 7.60. The fourth-order valence-corrected chi connectivity index (χ4v) is 7.60. The first-order chi connectivity index (χ1) is 22.3. The smallest absolute Gasteiger partial charge is 0.166 e. The number of ketones is 1. The van der Waals surface area contributed by atoms with E-state index in [0.29, 0.717) is 0 Å². The van der Waals surface area contributed by atoms with E-state index in [0.717, 1.165) is 54.4 Å². The standard InChI is InChI=1S/C28H20NO.C13H23FO2.Ir/c1-4-17-29-23(14-1)19-10-7-12-21-25-20-11-5-8-18-9-6-13-22(24(18)20)28(15-2-3-16-28)27(25)30-26(19)21;1-5-10(6-2)11(15)9-12(16)13(14,7-3)8-4;/h1,4-9,11-14,17H,2-3,15-16H2;9-10,16H,5-8H2,1-4H3;/q-1;;/b;12-9-;. The zero-order valence-electron chi connectivity index (χ0n) is 27.7. The van der Waals surface area contributed by atoms with E-state index in [2.05, 4.69) is 53.5 Å². The summed E-state index contributed by atoms with van der Waals surface area (Å²) in [7, 11) is 0. The largest absolute Gasteiger partial charge is 0.509 e. The zero-order valence-corrected chi connectivity index (χ0v) is 30.1. The number of pyridine rings is 1. The SMILES string of the molecule is CCC(CC)C(=O)/C=C(\O)C(F)(CC)CC.[Ir].[c-]1ccc2c3c(oc2c1-c1ccccn1)C1(CCCC1)c1cccc2cccc-3c12. The van der Waals surface area contributed by atoms with Gasteiger partial charge in [-0.15, -0.1) is 18.2 Å². The molecule has 1 fully saturated rings. The molecule has 2 aliphatic carbocycles. The van der Waals surface area contributed by atoms with Crippen LogP contribution in [0.15, 0.2) is 89.2 Å². The molecule has 0 atom stereocenters. The van der Waals surface area contributed by atoms with Crippen molar-refractivity contribution in [2.45, 2.75) is 90.1 Å². The Morgan fingerprint density at radius 1 is 1.02 bits per heavy atom. The number of rotatable bonds is 8. The van der Waals surface area contributed by atoms with Gasteiger partial charge in [0.2, 0.25) is 0 Å². The molecule has 5 aromatic rings. The normalized spacial score (nSPS) is 15.0. The van der Waals surface area contributed by atoms with Gasteiger partial charge in [-0.1, -0.05) is 100 Å². The van der Waals surface area contributed by atoms with Crippen LogP contribution in [0.5, 0.6) is 0 Å². The number of hydrogen-bond donors (Lipinski definition) is 1. The molecule has 7 rings (SSSR count). The summed E-state index contributed by atoms with van der Waals surface area (Å²) in [5, 5.41) is 13.6. The van der Waals surface area contributed by atoms with E-state index in [4.69, 9.17) is 4.42 Å². The van der Waals surface area contributed by atoms with Gasteiger partial charge in [0.15, 0.2) is 11.5 Å². The van der Waals surface area contributed by atoms with Gasteiger partial charge in [0.1, 0.15) is 11.5 Å². The number of hydrogen-bond acceptors (Lipinski definition) is 4. The van der Waals surface area contributed by atoms with Crippen LogP contribution in [0.4, 0.5) is 4.39 Å². The first-order valence-electron chi connectivity index (χ1n) is 16.9. The van der Waals surface area contributed by atoms with E-state index in [9.17, 15) is 14.3 Å². The van der Waals surface area contributed by atoms with Crippen LogP contribution in [0, 0.1) is 12.0 Å². The first kappa shape index (κ1) is 34.7. The van der Waals surface area contributed by atoms with Crippen molar-refractivity contribution in [3.05, 3.63) is 102 Å². The van der Waals surface area contributed by atoms with Crippen LogP contribution in [0.3, 0.4) is 0 Å². The minimum atomic E-state index is -1.75. The van der Waals surface area contributed by atoms with Gasteiger partial charge in [0.05, 0.1) is 11.0 Å². The number of fused-ring (bicyclic) bond motifs is 6. The van der Waals surface area contributed by atoms with Crippen molar-refractivity contribution in [1.82, 2.24) is 4.98 Å². The van der Waals surface area contributed by atoms with Gasteiger partial charge in [-0.25, -0.2) is 4.39 Å². The van der Waals surface area contributed by atoms with Gasteiger partial charge in [-0.05, 0) is 72.2 Å². The summed E-state index contributed by atoms with van der Waals surface area (Å²) in [4.78, 5) is 16.3. The number of aliphatic hydroxyl groups excluding tert-OH is 1. The number of benzene rings is 3. The van der Waals surface area contributed by atoms with E-state index in [1.165, 1.54) is 45.7 Å². The molecule has 6 heteroatoms. The van der Waals surface area contributed by atoms with E-state index < -0.39 is 11.4 Å². The molecule has 0 saturated heterocycles. The van der Waals surface area contributed by atoms with Gasteiger partial charge in [-0.2, -0.15) is 0 Å². The number of allylic oxidation sites excluding steroid dienone is 2. The van der Waals surface area contributed by atoms with Crippen LogP contribution in [-0.2, 0) is 30.3 Å². The van der Waals surface area contributed by atoms with Gasteiger partial charge < -0.3 is 14.5 Å². The number of carbonyl (C=O) groups excluding carboxylic acids is 1. The Bertz CT molecular complexity index is 1890. The average Bonchev–Trinajstić information content (AvgIpc) is 3.75. The molecule has 47 heavy (non-hydrogen) atoms. The molecule has 2 aromatic heterocycles. The van der Waals surface area contributed by atoms with Crippen molar-refractivity contribution in [1.29, 1.82) is 0 Å². The predicted molar refractivity (Wildman–Crippen MR) is 185 cm³/mol. The summed E-state index contributed by atoms with van der Waals surface area (Å²) in [5.41, 5.74) is 5.03. The zero-order chi connectivity index (χ0) is 32.5. The van der Waals surface area contributed by atoms with Gasteiger partial charge in [-0.3, -0.25) is 4.79 Å². The molecule has 4 nitrogen and oxygen atoms in total. The van der Waals surface area contributed by atoms with Crippen molar-refractivity contribution in [2.75, 3.05) is 0 Å². The third kappa shape index (κ3) is 6.00. The van der Waals surface area contributed by atoms with E-state index in [1.807, 2.05) is 44.3 Å². The topological polar surface area (TPSA) is 63.3 Å². The molecule has 3 aromatic carbocycles. The maximum absolute atomic E-state index is 14.0. The summed E-state index contributed by atoms with van der Waals surface area (Å²) in [5.74, 6) is 0.443. The Kier molecular flexibility index (Phi) is 10.5. The summed E-state index contributed by atoms with van der Waals surface area (Å²) in [6.45, 7) is 7.16. The molecule has 0 aliphatic heterocycles. The van der Waals surface area contributed by atoms with E-state index in [1.54, 1.807) is 13.8 Å². The third-order valence-electron chi connectivity index (χ3n) is 10.4. The van der Waals surface area contributed by atoms with Crippen LogP contribution in [0.2, 0.25) is 0 Å². The molecule has 0 unspecified atom stereocenters. The molecule has 0 amide bonds. The molecule has 1 spiro atoms. The number of furan rings is 1. The number of alkyl halides is 1. The number of aliphatic hydroxyl groups is 1. The minimum Gasteiger partial charge on any atom is -0.509 e. The van der Waals surface area contributed by atoms with Crippen molar-refractivity contribution in [2.24, 2.45) is 5.92 Å². The third-order valence-corrected chi connectivity index (χ3v) is 10.4. The van der Waals surface area contributed by atoms with Gasteiger partial charge in [0, 0.05) is 43.9 Å². The Balaban J connectivity index is 0.000000221. The maximum atomic E-state index is 14.0. The van der Waals surface area contributed by atoms with Crippen LogP contribution >= 0.6 is 0 Å². The summed E-state index contributed by atoms with van der Waals surface area (Å²) >= 11 is 0. The van der Waals surface area contributed by atoms with Crippen molar-refractivity contribution < 1.29 is 38.8 Å². The Hall–Kier alpha value is -3.60. The summed E-state index contributed by atoms with van der Waals surface area (Å²) in [6, 6.07) is 27.1. The summed E-state index contributed by atoms with van der Waals surface area (Å²) in [6.07, 6.45) is 9.50. The van der Waals surface area contributed by atoms with Gasteiger partial charge >= 0.3 is 0 Å². The van der Waals surface area contributed by atoms with Crippen LogP contribution < -0.4 is 0 Å². The monoisotopic (exact) mass is 809 g/mol. The number of carbonyl (C=O) groups is 1. The molecule has 1 radical (unpaired) electrons. The Morgan fingerprint density at radius 2 is 1.72 bits per heavy atom. The molecule has 2 heterocycles. The molecule has 1 N–H and O–H groups in total. The second-order valence-corrected chi connectivity index (χ2v) is 12.7. The second-order valence-electron chi connectivity index (χ2n) is 12.7. The van der Waals surface area contributed by atoms with Gasteiger partial charge in [0.25, 0.3) is 0 Å². The predicted octanol–water partition coefficient (Wildman–Crippen LogP) is 11.2. The molecule has 247 valence electrons. The number of nitrogens with zero attached hydrogens (tertiary/aromatic N) is 1. The van der Waals surface area contributed by atoms with Crippen molar-refractivity contribution >= 4 is 27.5 Å². The number of halogens is 1. The van der Waals surface area contributed by atoms with Crippen molar-refractivity contribution in [3.63, 3.8) is 0 Å². The van der Waals surface area contributed by atoms with Crippen LogP contribution in [0.1, 0.15) is 90.4 Å². The molecular formula is C41H43FIrNO3-. The second kappa shape index (κ2) is 14.3. The Labute approximate surface area is 290 Å². The number of aromatic nitrogens is 1.